The maximum absolute atomic E-state index is 6.14. The summed E-state index contributed by atoms with van der Waals surface area (Å²) in [5.41, 5.74) is 9.45. The zero-order valence-electron chi connectivity index (χ0n) is 12.2. The molecular formula is C15H22N4O. The number of aromatic nitrogens is 2. The molecule has 1 unspecified atom stereocenters. The molecule has 2 N–H and O–H groups in total. The van der Waals surface area contributed by atoms with Crippen LogP contribution in [0.4, 0.5) is 5.95 Å². The Morgan fingerprint density at radius 1 is 1.35 bits per heavy atom. The van der Waals surface area contributed by atoms with Gasteiger partial charge in [0, 0.05) is 25.7 Å². The molecule has 20 heavy (non-hydrogen) atoms. The van der Waals surface area contributed by atoms with Gasteiger partial charge in [-0.25, -0.2) is 4.98 Å². The number of benzene rings is 1. The molecule has 0 radical (unpaired) electrons. The molecule has 1 aliphatic rings. The van der Waals surface area contributed by atoms with Crippen molar-refractivity contribution in [3.8, 4) is 0 Å². The van der Waals surface area contributed by atoms with E-state index in [1.165, 1.54) is 5.56 Å². The van der Waals surface area contributed by atoms with E-state index in [2.05, 4.69) is 46.5 Å². The molecule has 5 heteroatoms. The van der Waals surface area contributed by atoms with Crippen LogP contribution in [-0.2, 0) is 4.74 Å². The van der Waals surface area contributed by atoms with E-state index in [9.17, 15) is 0 Å². The number of morpholine rings is 1. The lowest BCUT2D eigenvalue weighted by atomic mass is 10.2. The summed E-state index contributed by atoms with van der Waals surface area (Å²) in [6.45, 7) is 8.90. The Balaban J connectivity index is 1.88. The van der Waals surface area contributed by atoms with Crippen LogP contribution in [0.15, 0.2) is 18.2 Å². The predicted octanol–water partition coefficient (Wildman–Crippen LogP) is 1.82. The number of rotatable bonds is 3. The molecule has 1 atom stereocenters. The molecule has 3 rings (SSSR count). The van der Waals surface area contributed by atoms with Gasteiger partial charge in [0.2, 0.25) is 5.95 Å². The lowest BCUT2D eigenvalue weighted by molar-refractivity contribution is 0.0329. The fraction of sp³-hybridized carbons (Fsp3) is 0.533. The Hall–Kier alpha value is -1.59. The van der Waals surface area contributed by atoms with Crippen molar-refractivity contribution in [3.63, 3.8) is 0 Å². The highest BCUT2D eigenvalue weighted by molar-refractivity contribution is 5.81. The Morgan fingerprint density at radius 3 is 2.85 bits per heavy atom. The van der Waals surface area contributed by atoms with Gasteiger partial charge in [-0.2, -0.15) is 0 Å². The number of aryl methyl sites for hydroxylation is 1. The number of fused-ring (bicyclic) bond motifs is 1. The standard InChI is InChI=1S/C15H22N4O/c1-11-4-3-5-13-14(11)17-15(16)19(13)12(2)10-18-6-8-20-9-7-18/h3-5,12H,6-10H2,1-2H3,(H2,16,17). The predicted molar refractivity (Wildman–Crippen MR) is 80.9 cm³/mol. The van der Waals surface area contributed by atoms with Crippen LogP contribution in [0, 0.1) is 6.92 Å². The summed E-state index contributed by atoms with van der Waals surface area (Å²) < 4.78 is 7.55. The number of anilines is 1. The Morgan fingerprint density at radius 2 is 2.10 bits per heavy atom. The van der Waals surface area contributed by atoms with Gasteiger partial charge < -0.3 is 15.0 Å². The third kappa shape index (κ3) is 2.39. The van der Waals surface area contributed by atoms with E-state index in [-0.39, 0.29) is 0 Å². The van der Waals surface area contributed by atoms with Crippen LogP contribution in [0.2, 0.25) is 0 Å². The van der Waals surface area contributed by atoms with Crippen LogP contribution in [0.1, 0.15) is 18.5 Å². The average molecular weight is 274 g/mol. The van der Waals surface area contributed by atoms with E-state index in [0.717, 1.165) is 43.9 Å². The lowest BCUT2D eigenvalue weighted by Gasteiger charge is -2.30. The molecule has 2 heterocycles. The van der Waals surface area contributed by atoms with E-state index >= 15 is 0 Å². The Bertz CT molecular complexity index is 601. The lowest BCUT2D eigenvalue weighted by Crippen LogP contribution is -2.39. The number of hydrogen-bond donors (Lipinski definition) is 1. The zero-order valence-corrected chi connectivity index (χ0v) is 12.2. The minimum Gasteiger partial charge on any atom is -0.379 e. The highest BCUT2D eigenvalue weighted by Gasteiger charge is 2.19. The van der Waals surface area contributed by atoms with Crippen molar-refractivity contribution < 1.29 is 4.74 Å². The molecule has 0 saturated carbocycles. The minimum atomic E-state index is 0.305. The first-order valence-electron chi connectivity index (χ1n) is 7.20. The molecule has 2 aromatic rings. The van der Waals surface area contributed by atoms with Gasteiger partial charge in [0.05, 0.1) is 24.2 Å². The molecule has 108 valence electrons. The third-order valence-electron chi connectivity index (χ3n) is 4.02. The monoisotopic (exact) mass is 274 g/mol. The van der Waals surface area contributed by atoms with Gasteiger partial charge in [-0.1, -0.05) is 12.1 Å². The number of nitrogen functional groups attached to an aromatic ring is 1. The summed E-state index contributed by atoms with van der Waals surface area (Å²) >= 11 is 0. The quantitative estimate of drug-likeness (QED) is 0.927. The van der Waals surface area contributed by atoms with Crippen LogP contribution >= 0.6 is 0 Å². The maximum atomic E-state index is 6.14. The van der Waals surface area contributed by atoms with Gasteiger partial charge in [0.15, 0.2) is 0 Å². The number of ether oxygens (including phenoxy) is 1. The first-order chi connectivity index (χ1) is 9.66. The van der Waals surface area contributed by atoms with Crippen molar-refractivity contribution in [1.29, 1.82) is 0 Å². The SMILES string of the molecule is Cc1cccc2c1nc(N)n2C(C)CN1CCOCC1. The number of imidazole rings is 1. The molecule has 0 aliphatic carbocycles. The largest absolute Gasteiger partial charge is 0.379 e. The summed E-state index contributed by atoms with van der Waals surface area (Å²) in [7, 11) is 0. The van der Waals surface area contributed by atoms with E-state index in [1.54, 1.807) is 0 Å². The molecule has 0 bridgehead atoms. The minimum absolute atomic E-state index is 0.305. The van der Waals surface area contributed by atoms with Crippen molar-refractivity contribution >= 4 is 17.0 Å². The Labute approximate surface area is 119 Å². The molecule has 1 aliphatic heterocycles. The first kappa shape index (κ1) is 13.4. The number of para-hydroxylation sites is 1. The van der Waals surface area contributed by atoms with E-state index in [4.69, 9.17) is 10.5 Å². The van der Waals surface area contributed by atoms with Crippen molar-refractivity contribution in [3.05, 3.63) is 23.8 Å². The summed E-state index contributed by atoms with van der Waals surface area (Å²) in [5.74, 6) is 0.607. The highest BCUT2D eigenvalue weighted by atomic mass is 16.5. The van der Waals surface area contributed by atoms with Crippen LogP contribution in [0.3, 0.4) is 0 Å². The van der Waals surface area contributed by atoms with Crippen molar-refractivity contribution in [2.24, 2.45) is 0 Å². The smallest absolute Gasteiger partial charge is 0.201 e. The van der Waals surface area contributed by atoms with Gasteiger partial charge in [0.1, 0.15) is 0 Å². The maximum Gasteiger partial charge on any atom is 0.201 e. The average Bonchev–Trinajstić information content (AvgIpc) is 2.78. The number of nitrogens with two attached hydrogens (primary N) is 1. The molecule has 1 fully saturated rings. The summed E-state index contributed by atoms with van der Waals surface area (Å²) in [6, 6.07) is 6.55. The summed E-state index contributed by atoms with van der Waals surface area (Å²) in [5, 5.41) is 0. The summed E-state index contributed by atoms with van der Waals surface area (Å²) in [4.78, 5) is 6.95. The van der Waals surface area contributed by atoms with E-state index < -0.39 is 0 Å². The first-order valence-corrected chi connectivity index (χ1v) is 7.20. The molecule has 1 aromatic heterocycles. The molecule has 0 spiro atoms. The van der Waals surface area contributed by atoms with Gasteiger partial charge in [-0.3, -0.25) is 4.90 Å². The normalized spacial score (nSPS) is 18.5. The van der Waals surface area contributed by atoms with Gasteiger partial charge >= 0.3 is 0 Å². The molecule has 5 nitrogen and oxygen atoms in total. The van der Waals surface area contributed by atoms with Gasteiger partial charge in [-0.15, -0.1) is 0 Å². The van der Waals surface area contributed by atoms with Crippen LogP contribution < -0.4 is 5.73 Å². The molecule has 0 amide bonds. The van der Waals surface area contributed by atoms with Crippen molar-refractivity contribution in [2.75, 3.05) is 38.6 Å². The van der Waals surface area contributed by atoms with Gasteiger partial charge in [-0.05, 0) is 25.5 Å². The third-order valence-corrected chi connectivity index (χ3v) is 4.02. The van der Waals surface area contributed by atoms with Crippen LogP contribution in [0.25, 0.3) is 11.0 Å². The fourth-order valence-electron chi connectivity index (χ4n) is 2.98. The fourth-order valence-corrected chi connectivity index (χ4v) is 2.98. The van der Waals surface area contributed by atoms with Crippen LogP contribution in [0.5, 0.6) is 0 Å². The van der Waals surface area contributed by atoms with Crippen molar-refractivity contribution in [2.45, 2.75) is 19.9 Å². The van der Waals surface area contributed by atoms with Gasteiger partial charge in [0.25, 0.3) is 0 Å². The molecule has 1 aromatic carbocycles. The Kier molecular flexibility index (Phi) is 3.63. The zero-order chi connectivity index (χ0) is 14.1. The van der Waals surface area contributed by atoms with Crippen molar-refractivity contribution in [1.82, 2.24) is 14.5 Å². The second-order valence-corrected chi connectivity index (χ2v) is 5.54. The second kappa shape index (κ2) is 5.42. The molecular weight excluding hydrogens is 252 g/mol. The van der Waals surface area contributed by atoms with E-state index in [0.29, 0.717) is 12.0 Å². The van der Waals surface area contributed by atoms with E-state index in [1.807, 2.05) is 0 Å². The topological polar surface area (TPSA) is 56.3 Å². The number of nitrogens with zero attached hydrogens (tertiary/aromatic N) is 3. The molecule has 1 saturated heterocycles. The number of hydrogen-bond acceptors (Lipinski definition) is 4. The summed E-state index contributed by atoms with van der Waals surface area (Å²) in [6.07, 6.45) is 0. The highest BCUT2D eigenvalue weighted by Crippen LogP contribution is 2.25. The van der Waals surface area contributed by atoms with Crippen LogP contribution in [-0.4, -0.2) is 47.3 Å². The second-order valence-electron chi connectivity index (χ2n) is 5.54.